The fourth-order valence-electron chi connectivity index (χ4n) is 1.74. The Morgan fingerprint density at radius 1 is 1.53 bits per heavy atom. The lowest BCUT2D eigenvalue weighted by molar-refractivity contribution is 0.629. The topological polar surface area (TPSA) is 29.3 Å². The maximum Gasteiger partial charge on any atom is 0.173 e. The maximum absolute atomic E-state index is 13.4. The van der Waals surface area contributed by atoms with Gasteiger partial charge in [-0.1, -0.05) is 0 Å². The number of aromatic nitrogens is 2. The van der Waals surface area contributed by atoms with Crippen LogP contribution in [0.1, 0.15) is 11.4 Å². The summed E-state index contributed by atoms with van der Waals surface area (Å²) in [6.45, 7) is 2.78. The highest BCUT2D eigenvalue weighted by atomic mass is 19.1. The Hall–Kier alpha value is -1.42. The molecule has 0 aliphatic heterocycles. The van der Waals surface area contributed by atoms with Gasteiger partial charge >= 0.3 is 0 Å². The molecule has 0 bridgehead atoms. The third-order valence-electron chi connectivity index (χ3n) is 2.51. The van der Waals surface area contributed by atoms with Gasteiger partial charge in [0.1, 0.15) is 0 Å². The van der Waals surface area contributed by atoms with Crippen molar-refractivity contribution < 1.29 is 4.39 Å². The molecule has 0 radical (unpaired) electrons. The summed E-state index contributed by atoms with van der Waals surface area (Å²) in [5.41, 5.74) is 2.38. The van der Waals surface area contributed by atoms with E-state index in [0.717, 1.165) is 24.4 Å². The van der Waals surface area contributed by atoms with Crippen molar-refractivity contribution in [1.82, 2.24) is 14.7 Å². The standard InChI is InChI=1S/C11H14FN3/c1-8-10(5-6-13-2)15-7-3-4-9(12)11(15)14-8/h3-4,7,13H,5-6H2,1-2H3. The van der Waals surface area contributed by atoms with Crippen LogP contribution in [0.4, 0.5) is 4.39 Å². The van der Waals surface area contributed by atoms with Crippen molar-refractivity contribution in [1.29, 1.82) is 0 Å². The van der Waals surface area contributed by atoms with Crippen LogP contribution in [0.15, 0.2) is 18.3 Å². The second-order valence-corrected chi connectivity index (χ2v) is 3.55. The number of aryl methyl sites for hydroxylation is 1. The SMILES string of the molecule is CNCCc1c(C)nc2c(F)cccn12. The zero-order valence-corrected chi connectivity index (χ0v) is 8.92. The average Bonchev–Trinajstić information content (AvgIpc) is 2.54. The fourth-order valence-corrected chi connectivity index (χ4v) is 1.74. The van der Waals surface area contributed by atoms with E-state index in [0.29, 0.717) is 5.65 Å². The summed E-state index contributed by atoms with van der Waals surface area (Å²) in [6.07, 6.45) is 2.70. The predicted molar refractivity (Wildman–Crippen MR) is 57.5 cm³/mol. The van der Waals surface area contributed by atoms with Crippen molar-refractivity contribution in [3.63, 3.8) is 0 Å². The van der Waals surface area contributed by atoms with E-state index >= 15 is 0 Å². The number of hydrogen-bond acceptors (Lipinski definition) is 2. The quantitative estimate of drug-likeness (QED) is 0.827. The molecule has 2 aromatic rings. The molecule has 15 heavy (non-hydrogen) atoms. The van der Waals surface area contributed by atoms with Gasteiger partial charge in [0.05, 0.1) is 5.69 Å². The molecule has 1 N–H and O–H groups in total. The summed E-state index contributed by atoms with van der Waals surface area (Å²) in [5.74, 6) is -0.267. The lowest BCUT2D eigenvalue weighted by Gasteiger charge is -2.02. The molecule has 0 fully saturated rings. The molecule has 2 aromatic heterocycles. The molecule has 80 valence electrons. The molecular weight excluding hydrogens is 193 g/mol. The van der Waals surface area contributed by atoms with Gasteiger partial charge in [0.25, 0.3) is 0 Å². The molecule has 0 aliphatic carbocycles. The van der Waals surface area contributed by atoms with Gasteiger partial charge in [0.2, 0.25) is 0 Å². The van der Waals surface area contributed by atoms with E-state index in [1.165, 1.54) is 6.07 Å². The van der Waals surface area contributed by atoms with Crippen molar-refractivity contribution in [3.05, 3.63) is 35.5 Å². The molecule has 0 aliphatic rings. The van der Waals surface area contributed by atoms with Gasteiger partial charge in [-0.2, -0.15) is 0 Å². The number of halogens is 1. The molecule has 0 saturated heterocycles. The first-order valence-corrected chi connectivity index (χ1v) is 5.00. The van der Waals surface area contributed by atoms with Gasteiger partial charge in [-0.05, 0) is 26.1 Å². The lowest BCUT2D eigenvalue weighted by atomic mass is 10.2. The first-order valence-electron chi connectivity index (χ1n) is 5.00. The summed E-state index contributed by atoms with van der Waals surface area (Å²) in [4.78, 5) is 4.23. The molecule has 0 atom stereocenters. The van der Waals surface area contributed by atoms with Gasteiger partial charge < -0.3 is 9.72 Å². The smallest absolute Gasteiger partial charge is 0.173 e. The van der Waals surface area contributed by atoms with Gasteiger partial charge in [-0.15, -0.1) is 0 Å². The summed E-state index contributed by atoms with van der Waals surface area (Å²) >= 11 is 0. The van der Waals surface area contributed by atoms with Gasteiger partial charge in [0.15, 0.2) is 11.5 Å². The number of likely N-dealkylation sites (N-methyl/N-ethyl adjacent to an activating group) is 1. The zero-order valence-electron chi connectivity index (χ0n) is 8.92. The van der Waals surface area contributed by atoms with Crippen molar-refractivity contribution in [2.45, 2.75) is 13.3 Å². The molecule has 0 amide bonds. The first kappa shape index (κ1) is 10.1. The minimum absolute atomic E-state index is 0.267. The highest BCUT2D eigenvalue weighted by Crippen LogP contribution is 2.14. The Bertz CT molecular complexity index is 476. The van der Waals surface area contributed by atoms with Crippen LogP contribution in [0, 0.1) is 12.7 Å². The van der Waals surface area contributed by atoms with Gasteiger partial charge in [-0.3, -0.25) is 0 Å². The molecule has 0 unspecified atom stereocenters. The maximum atomic E-state index is 13.4. The highest BCUT2D eigenvalue weighted by Gasteiger charge is 2.10. The van der Waals surface area contributed by atoms with E-state index in [-0.39, 0.29) is 5.82 Å². The Kier molecular flexibility index (Phi) is 2.68. The molecule has 0 saturated carbocycles. The van der Waals surface area contributed by atoms with Crippen LogP contribution in [-0.2, 0) is 6.42 Å². The van der Waals surface area contributed by atoms with E-state index in [2.05, 4.69) is 10.3 Å². The Balaban J connectivity index is 2.53. The van der Waals surface area contributed by atoms with Crippen LogP contribution >= 0.6 is 0 Å². The van der Waals surface area contributed by atoms with E-state index in [9.17, 15) is 4.39 Å². The zero-order chi connectivity index (χ0) is 10.8. The predicted octanol–water partition coefficient (Wildman–Crippen LogP) is 1.54. The molecule has 4 heteroatoms. The Labute approximate surface area is 87.9 Å². The van der Waals surface area contributed by atoms with Crippen molar-refractivity contribution in [2.24, 2.45) is 0 Å². The number of imidazole rings is 1. The van der Waals surface area contributed by atoms with Gasteiger partial charge in [0, 0.05) is 24.9 Å². The van der Waals surface area contributed by atoms with E-state index in [4.69, 9.17) is 0 Å². The lowest BCUT2D eigenvalue weighted by Crippen LogP contribution is -2.12. The monoisotopic (exact) mass is 207 g/mol. The molecular formula is C11H14FN3. The second-order valence-electron chi connectivity index (χ2n) is 3.55. The highest BCUT2D eigenvalue weighted by molar-refractivity contribution is 5.44. The number of hydrogen-bond donors (Lipinski definition) is 1. The van der Waals surface area contributed by atoms with E-state index in [1.807, 2.05) is 24.6 Å². The Morgan fingerprint density at radius 2 is 2.33 bits per heavy atom. The summed E-state index contributed by atoms with van der Waals surface area (Å²) in [5, 5.41) is 3.08. The molecule has 2 heterocycles. The van der Waals surface area contributed by atoms with Crippen LogP contribution in [0.25, 0.3) is 5.65 Å². The normalized spacial score (nSPS) is 11.1. The minimum atomic E-state index is -0.267. The number of fused-ring (bicyclic) bond motifs is 1. The third-order valence-corrected chi connectivity index (χ3v) is 2.51. The van der Waals surface area contributed by atoms with E-state index < -0.39 is 0 Å². The fraction of sp³-hybridized carbons (Fsp3) is 0.364. The van der Waals surface area contributed by atoms with Crippen molar-refractivity contribution in [2.75, 3.05) is 13.6 Å². The minimum Gasteiger partial charge on any atom is -0.319 e. The van der Waals surface area contributed by atoms with Gasteiger partial charge in [-0.25, -0.2) is 9.37 Å². The number of nitrogens with one attached hydrogen (secondary N) is 1. The molecule has 0 aromatic carbocycles. The number of pyridine rings is 1. The molecule has 3 nitrogen and oxygen atoms in total. The average molecular weight is 207 g/mol. The first-order chi connectivity index (χ1) is 7.24. The second kappa shape index (κ2) is 3.98. The van der Waals surface area contributed by atoms with Crippen molar-refractivity contribution >= 4 is 5.65 Å². The summed E-state index contributed by atoms with van der Waals surface area (Å²) in [6, 6.07) is 3.13. The molecule has 2 rings (SSSR count). The van der Waals surface area contributed by atoms with E-state index in [1.54, 1.807) is 6.07 Å². The van der Waals surface area contributed by atoms with Crippen LogP contribution < -0.4 is 5.32 Å². The van der Waals surface area contributed by atoms with Crippen LogP contribution in [0.5, 0.6) is 0 Å². The summed E-state index contributed by atoms with van der Waals surface area (Å²) in [7, 11) is 1.90. The number of rotatable bonds is 3. The van der Waals surface area contributed by atoms with Crippen LogP contribution in [0.2, 0.25) is 0 Å². The Morgan fingerprint density at radius 3 is 3.07 bits per heavy atom. The van der Waals surface area contributed by atoms with Crippen molar-refractivity contribution in [3.8, 4) is 0 Å². The third kappa shape index (κ3) is 1.72. The number of nitrogens with zero attached hydrogens (tertiary/aromatic N) is 2. The molecule has 0 spiro atoms. The van der Waals surface area contributed by atoms with Crippen LogP contribution in [0.3, 0.4) is 0 Å². The summed E-state index contributed by atoms with van der Waals surface area (Å²) < 4.78 is 15.2. The van der Waals surface area contributed by atoms with Crippen LogP contribution in [-0.4, -0.2) is 23.0 Å². The largest absolute Gasteiger partial charge is 0.319 e.